The van der Waals surface area contributed by atoms with Crippen molar-refractivity contribution < 1.29 is 0 Å². The van der Waals surface area contributed by atoms with Gasteiger partial charge in [-0.2, -0.15) is 11.8 Å². The number of nitrogens with one attached hydrogen (secondary N) is 1. The van der Waals surface area contributed by atoms with Crippen LogP contribution in [0.1, 0.15) is 11.3 Å². The summed E-state index contributed by atoms with van der Waals surface area (Å²) in [4.78, 5) is 9.18. The Kier molecular flexibility index (Phi) is 3.46. The van der Waals surface area contributed by atoms with E-state index in [1.165, 1.54) is 16.2 Å². The Balaban J connectivity index is 2.06. The van der Waals surface area contributed by atoms with Gasteiger partial charge in [0.1, 0.15) is 10.5 Å². The molecule has 3 rings (SSSR count). The highest BCUT2D eigenvalue weighted by Crippen LogP contribution is 2.30. The zero-order chi connectivity index (χ0) is 12.5. The van der Waals surface area contributed by atoms with Crippen LogP contribution < -0.4 is 0 Å². The maximum Gasteiger partial charge on any atom is 0.139 e. The molecule has 2 nitrogen and oxygen atoms in total. The molecule has 0 amide bonds. The van der Waals surface area contributed by atoms with Gasteiger partial charge >= 0.3 is 0 Å². The maximum atomic E-state index is 5.37. The fourth-order valence-corrected chi connectivity index (χ4v) is 3.81. The lowest BCUT2D eigenvalue weighted by Crippen LogP contribution is -1.97. The highest BCUT2D eigenvalue weighted by Gasteiger charge is 2.15. The highest BCUT2D eigenvalue weighted by molar-refractivity contribution is 7.98. The summed E-state index contributed by atoms with van der Waals surface area (Å²) in [7, 11) is 0. The van der Waals surface area contributed by atoms with Gasteiger partial charge in [-0.05, 0) is 18.4 Å². The van der Waals surface area contributed by atoms with Crippen molar-refractivity contribution in [2.45, 2.75) is 16.4 Å². The molecule has 5 heteroatoms. The molecule has 0 radical (unpaired) electrons. The normalized spacial score (nSPS) is 13.6. The van der Waals surface area contributed by atoms with E-state index in [2.05, 4.69) is 40.5 Å². The van der Waals surface area contributed by atoms with Crippen LogP contribution in [0, 0.1) is 4.64 Å². The molecule has 0 fully saturated rings. The number of aromatic amines is 1. The van der Waals surface area contributed by atoms with E-state index in [1.54, 1.807) is 11.8 Å². The first-order valence-electron chi connectivity index (χ1n) is 5.62. The van der Waals surface area contributed by atoms with Gasteiger partial charge in [0, 0.05) is 33.2 Å². The molecular weight excluding hydrogens is 280 g/mol. The highest BCUT2D eigenvalue weighted by atomic mass is 32.2. The third-order valence-electron chi connectivity index (χ3n) is 2.96. The van der Waals surface area contributed by atoms with Crippen LogP contribution in [0.25, 0.3) is 11.4 Å². The SMILES string of the molecule is CSc1ccc(-c2nc(=S)c3c([nH]2)CSC3)cc1. The van der Waals surface area contributed by atoms with Crippen LogP contribution in [-0.4, -0.2) is 16.2 Å². The summed E-state index contributed by atoms with van der Waals surface area (Å²) in [6, 6.07) is 8.41. The van der Waals surface area contributed by atoms with Crippen LogP contribution in [-0.2, 0) is 11.5 Å². The molecule has 18 heavy (non-hydrogen) atoms. The summed E-state index contributed by atoms with van der Waals surface area (Å²) >= 11 is 8.99. The van der Waals surface area contributed by atoms with E-state index in [1.807, 2.05) is 11.8 Å². The van der Waals surface area contributed by atoms with Crippen LogP contribution >= 0.6 is 35.7 Å². The molecule has 92 valence electrons. The van der Waals surface area contributed by atoms with Gasteiger partial charge in [0.05, 0.1) is 0 Å². The molecule has 0 atom stereocenters. The first-order chi connectivity index (χ1) is 8.78. The fraction of sp³-hybridized carbons (Fsp3) is 0.231. The third kappa shape index (κ3) is 2.22. The molecule has 0 unspecified atom stereocenters. The largest absolute Gasteiger partial charge is 0.342 e. The molecule has 0 spiro atoms. The molecular formula is C13H12N2S3. The van der Waals surface area contributed by atoms with Crippen molar-refractivity contribution in [2.24, 2.45) is 0 Å². The second-order valence-corrected chi connectivity index (χ2v) is 6.32. The molecule has 0 bridgehead atoms. The summed E-state index contributed by atoms with van der Waals surface area (Å²) in [5.41, 5.74) is 3.54. The van der Waals surface area contributed by atoms with E-state index in [0.717, 1.165) is 27.5 Å². The predicted molar refractivity (Wildman–Crippen MR) is 81.6 cm³/mol. The average molecular weight is 292 g/mol. The first-order valence-corrected chi connectivity index (χ1v) is 8.41. The van der Waals surface area contributed by atoms with Crippen molar-refractivity contribution in [3.63, 3.8) is 0 Å². The summed E-state index contributed by atoms with van der Waals surface area (Å²) < 4.78 is 0.748. The number of thioether (sulfide) groups is 2. The molecule has 1 N–H and O–H groups in total. The van der Waals surface area contributed by atoms with E-state index >= 15 is 0 Å². The molecule has 1 aromatic heterocycles. The monoisotopic (exact) mass is 292 g/mol. The summed E-state index contributed by atoms with van der Waals surface area (Å²) in [5, 5.41) is 0. The zero-order valence-corrected chi connectivity index (χ0v) is 12.3. The van der Waals surface area contributed by atoms with Gasteiger partial charge in [-0.1, -0.05) is 24.4 Å². The van der Waals surface area contributed by atoms with Crippen LogP contribution in [0.4, 0.5) is 0 Å². The van der Waals surface area contributed by atoms with E-state index in [4.69, 9.17) is 12.2 Å². The van der Waals surface area contributed by atoms with Crippen LogP contribution in [0.3, 0.4) is 0 Å². The Bertz CT molecular complexity index is 632. The van der Waals surface area contributed by atoms with Crippen molar-refractivity contribution >= 4 is 35.7 Å². The summed E-state index contributed by atoms with van der Waals surface area (Å²) in [6.07, 6.45) is 2.08. The molecule has 0 saturated carbocycles. The van der Waals surface area contributed by atoms with Crippen LogP contribution in [0.2, 0.25) is 0 Å². The minimum atomic E-state index is 0.748. The molecule has 0 saturated heterocycles. The molecule has 1 aliphatic rings. The number of benzene rings is 1. The Hall–Kier alpha value is -0.780. The van der Waals surface area contributed by atoms with Crippen molar-refractivity contribution in [1.82, 2.24) is 9.97 Å². The van der Waals surface area contributed by atoms with Gasteiger partial charge in [-0.15, -0.1) is 11.8 Å². The van der Waals surface area contributed by atoms with Crippen molar-refractivity contribution in [2.75, 3.05) is 6.26 Å². The standard InChI is InChI=1S/C13H12N2S3/c1-17-9-4-2-8(3-5-9)12-14-11-7-18-6-10(11)13(16)15-12/h2-5H,6-7H2,1H3,(H,14,15,16). The topological polar surface area (TPSA) is 28.7 Å². The Labute approximate surface area is 120 Å². The lowest BCUT2D eigenvalue weighted by Gasteiger charge is -2.05. The van der Waals surface area contributed by atoms with Gasteiger partial charge in [0.25, 0.3) is 0 Å². The molecule has 1 aliphatic heterocycles. The molecule has 2 heterocycles. The molecule has 0 aliphatic carbocycles. The number of hydrogen-bond acceptors (Lipinski definition) is 4. The quantitative estimate of drug-likeness (QED) is 0.661. The lowest BCUT2D eigenvalue weighted by atomic mass is 10.2. The predicted octanol–water partition coefficient (Wildman–Crippen LogP) is 4.27. The smallest absolute Gasteiger partial charge is 0.139 e. The minimum absolute atomic E-state index is 0.748. The lowest BCUT2D eigenvalue weighted by molar-refractivity contribution is 1.06. The van der Waals surface area contributed by atoms with E-state index in [0.29, 0.717) is 0 Å². The third-order valence-corrected chi connectivity index (χ3v) is 5.03. The zero-order valence-electron chi connectivity index (χ0n) is 9.90. The van der Waals surface area contributed by atoms with E-state index < -0.39 is 0 Å². The second kappa shape index (κ2) is 5.07. The Morgan fingerprint density at radius 2 is 2.06 bits per heavy atom. The molecule has 2 aromatic rings. The number of rotatable bonds is 2. The number of hydrogen-bond donors (Lipinski definition) is 1. The first kappa shape index (κ1) is 12.3. The Morgan fingerprint density at radius 3 is 2.78 bits per heavy atom. The van der Waals surface area contributed by atoms with Gasteiger partial charge < -0.3 is 4.98 Å². The van der Waals surface area contributed by atoms with Crippen LogP contribution in [0.5, 0.6) is 0 Å². The minimum Gasteiger partial charge on any atom is -0.342 e. The Morgan fingerprint density at radius 1 is 1.28 bits per heavy atom. The summed E-state index contributed by atoms with van der Waals surface area (Å²) in [5.74, 6) is 2.88. The van der Waals surface area contributed by atoms with E-state index in [-0.39, 0.29) is 0 Å². The van der Waals surface area contributed by atoms with E-state index in [9.17, 15) is 0 Å². The number of nitrogens with zero attached hydrogens (tertiary/aromatic N) is 1. The molecule has 1 aromatic carbocycles. The van der Waals surface area contributed by atoms with Crippen molar-refractivity contribution in [1.29, 1.82) is 0 Å². The van der Waals surface area contributed by atoms with Crippen LogP contribution in [0.15, 0.2) is 29.2 Å². The second-order valence-electron chi connectivity index (χ2n) is 4.07. The maximum absolute atomic E-state index is 5.37. The van der Waals surface area contributed by atoms with Gasteiger partial charge in [-0.25, -0.2) is 4.98 Å². The van der Waals surface area contributed by atoms with Crippen molar-refractivity contribution in [3.05, 3.63) is 40.2 Å². The fourth-order valence-electron chi connectivity index (χ4n) is 1.96. The van der Waals surface area contributed by atoms with Crippen molar-refractivity contribution in [3.8, 4) is 11.4 Å². The van der Waals surface area contributed by atoms with Gasteiger partial charge in [-0.3, -0.25) is 0 Å². The average Bonchev–Trinajstić information content (AvgIpc) is 2.88. The van der Waals surface area contributed by atoms with Gasteiger partial charge in [0.2, 0.25) is 0 Å². The summed E-state index contributed by atoms with van der Waals surface area (Å²) in [6.45, 7) is 0. The number of fused-ring (bicyclic) bond motifs is 1. The van der Waals surface area contributed by atoms with Gasteiger partial charge in [0.15, 0.2) is 0 Å². The number of H-pyrrole nitrogens is 1. The number of aromatic nitrogens is 2.